The van der Waals surface area contributed by atoms with Crippen LogP contribution in [0.4, 0.5) is 11.4 Å². The van der Waals surface area contributed by atoms with E-state index < -0.39 is 0 Å². The molecule has 1 aliphatic heterocycles. The first-order valence-corrected chi connectivity index (χ1v) is 8.06. The summed E-state index contributed by atoms with van der Waals surface area (Å²) in [5.41, 5.74) is 6.30. The van der Waals surface area contributed by atoms with Gasteiger partial charge in [0.05, 0.1) is 19.9 Å². The van der Waals surface area contributed by atoms with Crippen molar-refractivity contribution in [2.75, 3.05) is 19.5 Å². The highest BCUT2D eigenvalue weighted by Gasteiger charge is 2.21. The third-order valence-electron chi connectivity index (χ3n) is 4.11. The highest BCUT2D eigenvalue weighted by molar-refractivity contribution is 6.05. The summed E-state index contributed by atoms with van der Waals surface area (Å²) in [6.45, 7) is 2.01. The number of hydrogen-bond donors (Lipinski definition) is 2. The fraction of sp³-hybridized carbons (Fsp3) is 0.263. The molecule has 0 bridgehead atoms. The van der Waals surface area contributed by atoms with Crippen molar-refractivity contribution in [3.63, 3.8) is 0 Å². The van der Waals surface area contributed by atoms with E-state index in [9.17, 15) is 4.79 Å². The summed E-state index contributed by atoms with van der Waals surface area (Å²) in [5.74, 6) is 1.43. The number of ether oxygens (including phenoxy) is 2. The smallest absolute Gasteiger partial charge is 0.240 e. The van der Waals surface area contributed by atoms with Gasteiger partial charge in [-0.15, -0.1) is 0 Å². The Kier molecular flexibility index (Phi) is 4.88. The van der Waals surface area contributed by atoms with Gasteiger partial charge in [0.2, 0.25) is 5.91 Å². The van der Waals surface area contributed by atoms with Crippen molar-refractivity contribution in [2.45, 2.75) is 13.3 Å². The molecule has 6 nitrogen and oxygen atoms in total. The molecule has 130 valence electrons. The number of hydrogen-bond acceptors (Lipinski definition) is 5. The van der Waals surface area contributed by atoms with E-state index in [1.54, 1.807) is 14.2 Å². The lowest BCUT2D eigenvalue weighted by molar-refractivity contribution is -0.121. The molecular formula is C19H21N3O3. The molecule has 1 heterocycles. The van der Waals surface area contributed by atoms with E-state index in [2.05, 4.69) is 15.8 Å². The van der Waals surface area contributed by atoms with Gasteiger partial charge in [-0.1, -0.05) is 19.1 Å². The Bertz CT molecular complexity index is 800. The zero-order chi connectivity index (χ0) is 17.8. The molecule has 25 heavy (non-hydrogen) atoms. The molecule has 0 saturated heterocycles. The number of methoxy groups -OCH3 is 2. The van der Waals surface area contributed by atoms with E-state index in [1.807, 2.05) is 49.4 Å². The lowest BCUT2D eigenvalue weighted by Gasteiger charge is -2.19. The van der Waals surface area contributed by atoms with Crippen LogP contribution in [0.2, 0.25) is 0 Å². The quantitative estimate of drug-likeness (QED) is 0.877. The van der Waals surface area contributed by atoms with Gasteiger partial charge in [0.25, 0.3) is 0 Å². The minimum Gasteiger partial charge on any atom is -0.493 e. The zero-order valence-corrected chi connectivity index (χ0v) is 14.5. The summed E-state index contributed by atoms with van der Waals surface area (Å²) in [4.78, 5) is 11.4. The van der Waals surface area contributed by atoms with Gasteiger partial charge in [0.1, 0.15) is 0 Å². The minimum absolute atomic E-state index is 0.0389. The van der Waals surface area contributed by atoms with Crippen LogP contribution in [0.25, 0.3) is 0 Å². The number of rotatable bonds is 5. The van der Waals surface area contributed by atoms with Gasteiger partial charge in [-0.3, -0.25) is 4.79 Å². The standard InChI is InChI=1S/C19H21N3O3/c1-12-10-18(23)21-22-19(12)13-4-6-14(7-5-13)20-15-8-9-16(24-2)17(11-15)25-3/h4-9,11-12,20H,10H2,1-3H3,(H,21,23)/t12-/m1/s1. The number of amides is 1. The van der Waals surface area contributed by atoms with Crippen molar-refractivity contribution in [2.24, 2.45) is 11.0 Å². The predicted octanol–water partition coefficient (Wildman–Crippen LogP) is 3.31. The predicted molar refractivity (Wildman–Crippen MR) is 97.7 cm³/mol. The number of hydrazone groups is 1. The Morgan fingerprint density at radius 3 is 2.36 bits per heavy atom. The minimum atomic E-state index is -0.0389. The normalized spacial score (nSPS) is 16.7. The van der Waals surface area contributed by atoms with Crippen LogP contribution in [-0.2, 0) is 4.79 Å². The average molecular weight is 339 g/mol. The molecule has 2 N–H and O–H groups in total. The third-order valence-corrected chi connectivity index (χ3v) is 4.11. The van der Waals surface area contributed by atoms with E-state index in [-0.39, 0.29) is 11.8 Å². The summed E-state index contributed by atoms with van der Waals surface area (Å²) in [6, 6.07) is 13.6. The van der Waals surface area contributed by atoms with Crippen molar-refractivity contribution < 1.29 is 14.3 Å². The molecule has 0 fully saturated rings. The van der Waals surface area contributed by atoms with Crippen LogP contribution < -0.4 is 20.2 Å². The summed E-state index contributed by atoms with van der Waals surface area (Å²) in [6.07, 6.45) is 0.463. The molecule has 0 unspecified atom stereocenters. The molecule has 0 aromatic heterocycles. The number of nitrogens with zero attached hydrogens (tertiary/aromatic N) is 1. The van der Waals surface area contributed by atoms with Crippen molar-refractivity contribution >= 4 is 23.0 Å². The second kappa shape index (κ2) is 7.25. The van der Waals surface area contributed by atoms with Crippen LogP contribution in [-0.4, -0.2) is 25.8 Å². The molecule has 1 aliphatic rings. The van der Waals surface area contributed by atoms with Crippen LogP contribution in [0.1, 0.15) is 18.9 Å². The van der Waals surface area contributed by atoms with E-state index >= 15 is 0 Å². The summed E-state index contributed by atoms with van der Waals surface area (Å²) >= 11 is 0. The molecule has 0 radical (unpaired) electrons. The maximum absolute atomic E-state index is 11.4. The number of nitrogens with one attached hydrogen (secondary N) is 2. The SMILES string of the molecule is COc1ccc(Nc2ccc(C3=NNC(=O)C[C@H]3C)cc2)cc1OC. The van der Waals surface area contributed by atoms with Gasteiger partial charge in [0, 0.05) is 29.8 Å². The first-order valence-electron chi connectivity index (χ1n) is 8.06. The summed E-state index contributed by atoms with van der Waals surface area (Å²) < 4.78 is 10.6. The van der Waals surface area contributed by atoms with Gasteiger partial charge in [-0.2, -0.15) is 5.10 Å². The maximum Gasteiger partial charge on any atom is 0.240 e. The molecule has 2 aromatic carbocycles. The second-order valence-corrected chi connectivity index (χ2v) is 5.91. The van der Waals surface area contributed by atoms with Gasteiger partial charge >= 0.3 is 0 Å². The van der Waals surface area contributed by atoms with Crippen LogP contribution >= 0.6 is 0 Å². The van der Waals surface area contributed by atoms with Crippen molar-refractivity contribution in [3.8, 4) is 11.5 Å². The third kappa shape index (κ3) is 3.74. The largest absolute Gasteiger partial charge is 0.493 e. The van der Waals surface area contributed by atoms with Crippen molar-refractivity contribution in [1.82, 2.24) is 5.43 Å². The number of carbonyl (C=O) groups is 1. The highest BCUT2D eigenvalue weighted by Crippen LogP contribution is 2.31. The fourth-order valence-electron chi connectivity index (χ4n) is 2.81. The monoisotopic (exact) mass is 339 g/mol. The highest BCUT2D eigenvalue weighted by atomic mass is 16.5. The molecule has 0 spiro atoms. The van der Waals surface area contributed by atoms with Gasteiger partial charge < -0.3 is 14.8 Å². The molecule has 0 aliphatic carbocycles. The number of anilines is 2. The Balaban J connectivity index is 1.76. The molecule has 0 saturated carbocycles. The molecule has 3 rings (SSSR count). The zero-order valence-electron chi connectivity index (χ0n) is 14.5. The van der Waals surface area contributed by atoms with Gasteiger partial charge in [-0.05, 0) is 29.8 Å². The van der Waals surface area contributed by atoms with Crippen LogP contribution in [0.5, 0.6) is 11.5 Å². The second-order valence-electron chi connectivity index (χ2n) is 5.91. The molecule has 6 heteroatoms. The van der Waals surface area contributed by atoms with Crippen molar-refractivity contribution in [3.05, 3.63) is 48.0 Å². The Hall–Kier alpha value is -3.02. The average Bonchev–Trinajstić information content (AvgIpc) is 2.62. The van der Waals surface area contributed by atoms with E-state index in [1.165, 1.54) is 0 Å². The van der Waals surface area contributed by atoms with Gasteiger partial charge in [0.15, 0.2) is 11.5 Å². The summed E-state index contributed by atoms with van der Waals surface area (Å²) in [5, 5.41) is 7.52. The lowest BCUT2D eigenvalue weighted by Crippen LogP contribution is -2.31. The maximum atomic E-state index is 11.4. The Morgan fingerprint density at radius 2 is 1.72 bits per heavy atom. The Morgan fingerprint density at radius 1 is 1.04 bits per heavy atom. The Labute approximate surface area is 146 Å². The molecular weight excluding hydrogens is 318 g/mol. The fourth-order valence-corrected chi connectivity index (χ4v) is 2.81. The van der Waals surface area contributed by atoms with Gasteiger partial charge in [-0.25, -0.2) is 5.43 Å². The van der Waals surface area contributed by atoms with Crippen LogP contribution in [0, 0.1) is 5.92 Å². The number of carbonyl (C=O) groups excluding carboxylic acids is 1. The topological polar surface area (TPSA) is 72.0 Å². The first kappa shape index (κ1) is 16.8. The number of benzene rings is 2. The summed E-state index contributed by atoms with van der Waals surface area (Å²) in [7, 11) is 3.22. The van der Waals surface area contributed by atoms with E-state index in [4.69, 9.17) is 9.47 Å². The van der Waals surface area contributed by atoms with Crippen molar-refractivity contribution in [1.29, 1.82) is 0 Å². The van der Waals surface area contributed by atoms with E-state index in [0.717, 1.165) is 22.6 Å². The first-order chi connectivity index (χ1) is 12.1. The molecule has 1 amide bonds. The van der Waals surface area contributed by atoms with E-state index in [0.29, 0.717) is 17.9 Å². The lowest BCUT2D eigenvalue weighted by atomic mass is 9.94. The molecule has 1 atom stereocenters. The molecule has 2 aromatic rings. The van der Waals surface area contributed by atoms with Crippen LogP contribution in [0.15, 0.2) is 47.6 Å². The van der Waals surface area contributed by atoms with Crippen LogP contribution in [0.3, 0.4) is 0 Å².